The largest absolute Gasteiger partial charge is 0.466 e. The Balaban J connectivity index is 1.68. The van der Waals surface area contributed by atoms with Crippen molar-refractivity contribution >= 4 is 17.6 Å². The number of hydrogen-bond donors (Lipinski definition) is 1. The van der Waals surface area contributed by atoms with Crippen LogP contribution < -0.4 is 5.32 Å². The third-order valence-corrected chi connectivity index (χ3v) is 7.36. The molecule has 0 saturated carbocycles. The molecule has 6 nitrogen and oxygen atoms in total. The zero-order valence-electron chi connectivity index (χ0n) is 16.5. The summed E-state index contributed by atoms with van der Waals surface area (Å²) in [5.41, 5.74) is 4.00. The Bertz CT molecular complexity index is 894. The fourth-order valence-corrected chi connectivity index (χ4v) is 6.32. The van der Waals surface area contributed by atoms with Crippen LogP contribution in [0.5, 0.6) is 0 Å². The van der Waals surface area contributed by atoms with E-state index in [4.69, 9.17) is 9.47 Å². The van der Waals surface area contributed by atoms with Gasteiger partial charge in [-0.05, 0) is 37.9 Å². The highest BCUT2D eigenvalue weighted by molar-refractivity contribution is 5.93. The Morgan fingerprint density at radius 1 is 1.32 bits per heavy atom. The van der Waals surface area contributed by atoms with Crippen molar-refractivity contribution in [2.24, 2.45) is 11.8 Å². The predicted octanol–water partition coefficient (Wildman–Crippen LogP) is 2.45. The molecule has 148 valence electrons. The normalized spacial score (nSPS) is 33.6. The molecule has 0 radical (unpaired) electrons. The summed E-state index contributed by atoms with van der Waals surface area (Å²) in [6.07, 6.45) is 1.62. The minimum atomic E-state index is -0.278. The number of ether oxygens (including phenoxy) is 2. The van der Waals surface area contributed by atoms with E-state index in [1.807, 2.05) is 13.0 Å². The minimum Gasteiger partial charge on any atom is -0.466 e. The molecule has 1 aromatic rings. The topological polar surface area (TPSA) is 67.9 Å². The van der Waals surface area contributed by atoms with Gasteiger partial charge in [0.25, 0.3) is 0 Å². The molecule has 3 unspecified atom stereocenters. The second kappa shape index (κ2) is 6.08. The van der Waals surface area contributed by atoms with E-state index in [-0.39, 0.29) is 35.3 Å². The van der Waals surface area contributed by atoms with Crippen molar-refractivity contribution in [3.63, 3.8) is 0 Å². The van der Waals surface area contributed by atoms with Gasteiger partial charge in [-0.1, -0.05) is 18.2 Å². The maximum atomic E-state index is 13.0. The molecule has 1 N–H and O–H groups in total. The van der Waals surface area contributed by atoms with Crippen LogP contribution in [0.15, 0.2) is 35.5 Å². The van der Waals surface area contributed by atoms with Gasteiger partial charge in [0.2, 0.25) is 0 Å². The lowest BCUT2D eigenvalue weighted by atomic mass is 9.60. The van der Waals surface area contributed by atoms with Crippen molar-refractivity contribution in [2.75, 3.05) is 25.5 Å². The van der Waals surface area contributed by atoms with E-state index < -0.39 is 0 Å². The SMILES string of the molecule is COC(=O)C1=C2Nc3ccccc3C23CCN2CC(C(C)OC(C)=O)[C@@H]1C[C@H]23. The number of carbonyl (C=O) groups excluding carboxylic acids is 2. The van der Waals surface area contributed by atoms with E-state index in [1.165, 1.54) is 19.6 Å². The van der Waals surface area contributed by atoms with Crippen molar-refractivity contribution in [3.05, 3.63) is 41.1 Å². The first-order valence-electron chi connectivity index (χ1n) is 10.1. The zero-order chi connectivity index (χ0) is 19.6. The number of nitrogens with one attached hydrogen (secondary N) is 1. The first-order chi connectivity index (χ1) is 13.5. The van der Waals surface area contributed by atoms with Crippen LogP contribution in [0.2, 0.25) is 0 Å². The van der Waals surface area contributed by atoms with Crippen LogP contribution >= 0.6 is 0 Å². The summed E-state index contributed by atoms with van der Waals surface area (Å²) >= 11 is 0. The summed E-state index contributed by atoms with van der Waals surface area (Å²) in [6, 6.07) is 8.76. The molecule has 28 heavy (non-hydrogen) atoms. The van der Waals surface area contributed by atoms with Crippen LogP contribution in [-0.4, -0.2) is 49.2 Å². The van der Waals surface area contributed by atoms with E-state index in [0.717, 1.165) is 42.9 Å². The monoisotopic (exact) mass is 382 g/mol. The molecule has 6 heteroatoms. The molecule has 1 spiro atoms. The fraction of sp³-hybridized carbons (Fsp3) is 0.545. The number of nitrogens with zero attached hydrogens (tertiary/aromatic N) is 1. The summed E-state index contributed by atoms with van der Waals surface area (Å²) in [4.78, 5) is 27.1. The van der Waals surface area contributed by atoms with E-state index >= 15 is 0 Å². The summed E-state index contributed by atoms with van der Waals surface area (Å²) in [5, 5.41) is 3.59. The number of fused-ring (bicyclic) bond motifs is 2. The predicted molar refractivity (Wildman–Crippen MR) is 104 cm³/mol. The number of esters is 2. The van der Waals surface area contributed by atoms with Gasteiger partial charge < -0.3 is 14.8 Å². The van der Waals surface area contributed by atoms with Crippen LogP contribution in [0.4, 0.5) is 5.69 Å². The Morgan fingerprint density at radius 3 is 2.86 bits per heavy atom. The van der Waals surface area contributed by atoms with Crippen LogP contribution in [0, 0.1) is 11.8 Å². The number of anilines is 1. The molecule has 2 fully saturated rings. The number of piperidine rings is 1. The fourth-order valence-electron chi connectivity index (χ4n) is 6.32. The lowest BCUT2D eigenvalue weighted by Gasteiger charge is -2.51. The molecule has 0 amide bonds. The number of hydrogen-bond acceptors (Lipinski definition) is 6. The highest BCUT2D eigenvalue weighted by Gasteiger charge is 2.63. The van der Waals surface area contributed by atoms with Crippen molar-refractivity contribution in [3.8, 4) is 0 Å². The number of carbonyl (C=O) groups is 2. The van der Waals surface area contributed by atoms with Crippen molar-refractivity contribution in [1.82, 2.24) is 4.90 Å². The number of benzene rings is 1. The van der Waals surface area contributed by atoms with Crippen molar-refractivity contribution in [1.29, 1.82) is 0 Å². The first-order valence-corrected chi connectivity index (χ1v) is 10.1. The second-order valence-electron chi connectivity index (χ2n) is 8.50. The molecule has 3 heterocycles. The standard InChI is InChI=1S/C22H26N2O4/c1-12(28-13(2)25)15-11-24-9-8-22-16-6-4-5-7-17(16)23-20(22)19(21(26)27-3)14(15)10-18(22)24/h4-7,12,14-15,18,23H,8-11H2,1-3H3/t12?,14-,15?,18-,22?/m0/s1. The molecule has 2 bridgehead atoms. The van der Waals surface area contributed by atoms with Crippen LogP contribution in [0.25, 0.3) is 0 Å². The van der Waals surface area contributed by atoms with Crippen molar-refractivity contribution in [2.45, 2.75) is 44.2 Å². The van der Waals surface area contributed by atoms with Gasteiger partial charge in [-0.2, -0.15) is 0 Å². The molecule has 3 aliphatic heterocycles. The molecule has 5 atom stereocenters. The van der Waals surface area contributed by atoms with E-state index in [0.29, 0.717) is 6.04 Å². The quantitative estimate of drug-likeness (QED) is 0.810. The minimum absolute atomic E-state index is 0.0195. The smallest absolute Gasteiger partial charge is 0.335 e. The Hall–Kier alpha value is -2.34. The molecule has 4 aliphatic rings. The average molecular weight is 382 g/mol. The van der Waals surface area contributed by atoms with E-state index in [1.54, 1.807) is 0 Å². The summed E-state index contributed by atoms with van der Waals surface area (Å²) in [7, 11) is 1.45. The lowest BCUT2D eigenvalue weighted by molar-refractivity contribution is -0.151. The maximum absolute atomic E-state index is 13.0. The molecule has 1 aliphatic carbocycles. The van der Waals surface area contributed by atoms with E-state index in [9.17, 15) is 9.59 Å². The van der Waals surface area contributed by atoms with Gasteiger partial charge in [0, 0.05) is 42.7 Å². The Morgan fingerprint density at radius 2 is 2.11 bits per heavy atom. The van der Waals surface area contributed by atoms with Gasteiger partial charge in [0.05, 0.1) is 18.1 Å². The molecule has 0 aromatic heterocycles. The summed E-state index contributed by atoms with van der Waals surface area (Å²) < 4.78 is 10.8. The summed E-state index contributed by atoms with van der Waals surface area (Å²) in [6.45, 7) is 5.20. The van der Waals surface area contributed by atoms with Crippen LogP contribution in [-0.2, 0) is 24.5 Å². The summed E-state index contributed by atoms with van der Waals surface area (Å²) in [5.74, 6) is -0.451. The maximum Gasteiger partial charge on any atom is 0.335 e. The molecular weight excluding hydrogens is 356 g/mol. The van der Waals surface area contributed by atoms with Crippen molar-refractivity contribution < 1.29 is 19.1 Å². The average Bonchev–Trinajstić information content (AvgIpc) is 3.23. The first kappa shape index (κ1) is 17.7. The number of rotatable bonds is 3. The van der Waals surface area contributed by atoms with Gasteiger partial charge in [-0.25, -0.2) is 4.79 Å². The third kappa shape index (κ3) is 2.18. The second-order valence-corrected chi connectivity index (χ2v) is 8.50. The van der Waals surface area contributed by atoms with E-state index in [2.05, 4.69) is 28.4 Å². The van der Waals surface area contributed by atoms with Crippen LogP contribution in [0.3, 0.4) is 0 Å². The van der Waals surface area contributed by atoms with Crippen LogP contribution in [0.1, 0.15) is 32.3 Å². The Kier molecular flexibility index (Phi) is 3.85. The molecule has 1 aromatic carbocycles. The van der Waals surface area contributed by atoms with Gasteiger partial charge in [0.1, 0.15) is 6.10 Å². The molecular formula is C22H26N2O4. The van der Waals surface area contributed by atoms with Gasteiger partial charge >= 0.3 is 11.9 Å². The lowest BCUT2D eigenvalue weighted by Crippen LogP contribution is -2.57. The highest BCUT2D eigenvalue weighted by atomic mass is 16.5. The van der Waals surface area contributed by atoms with Gasteiger partial charge in [-0.3, -0.25) is 9.69 Å². The zero-order valence-corrected chi connectivity index (χ0v) is 16.5. The molecule has 2 saturated heterocycles. The number of methoxy groups -OCH3 is 1. The number of para-hydroxylation sites is 1. The molecule has 5 rings (SSSR count). The van der Waals surface area contributed by atoms with Gasteiger partial charge in [0.15, 0.2) is 0 Å². The van der Waals surface area contributed by atoms with Gasteiger partial charge in [-0.15, -0.1) is 0 Å². The Labute approximate surface area is 164 Å². The highest BCUT2D eigenvalue weighted by Crippen LogP contribution is 2.61. The third-order valence-electron chi connectivity index (χ3n) is 7.36.